The topological polar surface area (TPSA) is 77.2 Å². The molecule has 106 valence electrons. The summed E-state index contributed by atoms with van der Waals surface area (Å²) >= 11 is 1.23. The fraction of sp³-hybridized carbons (Fsp3) is 0.462. The van der Waals surface area contributed by atoms with Gasteiger partial charge >= 0.3 is 5.97 Å². The number of ether oxygens (including phenoxy) is 1. The van der Waals surface area contributed by atoms with Crippen LogP contribution in [-0.4, -0.2) is 44.1 Å². The third-order valence-electron chi connectivity index (χ3n) is 3.25. The third-order valence-corrected chi connectivity index (χ3v) is 4.21. The molecule has 3 rings (SSSR count). The number of carboxylic acid groups (broad SMARTS) is 1. The van der Waals surface area contributed by atoms with Gasteiger partial charge in [0, 0.05) is 12.8 Å². The molecule has 1 unspecified atom stereocenters. The van der Waals surface area contributed by atoms with Gasteiger partial charge in [-0.3, -0.25) is 9.78 Å². The van der Waals surface area contributed by atoms with Gasteiger partial charge in [0.1, 0.15) is 5.52 Å². The Labute approximate surface area is 120 Å². The number of thioether (sulfide) groups is 1. The summed E-state index contributed by atoms with van der Waals surface area (Å²) in [5, 5.41) is 9.54. The van der Waals surface area contributed by atoms with Gasteiger partial charge in [0.15, 0.2) is 5.16 Å². The smallest absolute Gasteiger partial charge is 0.313 e. The van der Waals surface area contributed by atoms with E-state index in [-0.39, 0.29) is 11.9 Å². The average Bonchev–Trinajstić information content (AvgIpc) is 3.05. The van der Waals surface area contributed by atoms with Crippen LogP contribution >= 0.6 is 11.8 Å². The Balaban J connectivity index is 1.91. The molecule has 0 bridgehead atoms. The molecule has 1 aliphatic heterocycles. The fourth-order valence-electron chi connectivity index (χ4n) is 2.36. The molecule has 1 N–H and O–H groups in total. The molecule has 0 spiro atoms. The highest BCUT2D eigenvalue weighted by atomic mass is 32.2. The average molecular weight is 293 g/mol. The van der Waals surface area contributed by atoms with Crippen molar-refractivity contribution in [3.63, 3.8) is 0 Å². The number of carboxylic acids is 1. The van der Waals surface area contributed by atoms with E-state index in [1.165, 1.54) is 11.8 Å². The molecule has 1 atom stereocenters. The van der Waals surface area contributed by atoms with Gasteiger partial charge < -0.3 is 14.4 Å². The Bertz CT molecular complexity index is 622. The van der Waals surface area contributed by atoms with E-state index in [0.29, 0.717) is 11.7 Å². The minimum absolute atomic E-state index is 0.00226. The van der Waals surface area contributed by atoms with Crippen LogP contribution in [0.5, 0.6) is 0 Å². The van der Waals surface area contributed by atoms with Crippen LogP contribution in [0.1, 0.15) is 12.8 Å². The van der Waals surface area contributed by atoms with Crippen molar-refractivity contribution >= 4 is 28.8 Å². The van der Waals surface area contributed by atoms with Gasteiger partial charge in [0.05, 0.1) is 30.1 Å². The maximum absolute atomic E-state index is 10.7. The normalized spacial score (nSPS) is 18.7. The van der Waals surface area contributed by atoms with Gasteiger partial charge in [-0.25, -0.2) is 4.98 Å². The van der Waals surface area contributed by atoms with E-state index in [1.807, 2.05) is 10.6 Å². The predicted octanol–water partition coefficient (Wildman–Crippen LogP) is 1.79. The molecule has 1 fully saturated rings. The molecule has 0 aromatic carbocycles. The molecule has 0 saturated carbocycles. The highest BCUT2D eigenvalue weighted by Crippen LogP contribution is 2.25. The molecule has 7 heteroatoms. The van der Waals surface area contributed by atoms with Gasteiger partial charge in [-0.05, 0) is 18.9 Å². The number of nitrogens with zero attached hydrogens (tertiary/aromatic N) is 3. The van der Waals surface area contributed by atoms with Gasteiger partial charge in [-0.2, -0.15) is 0 Å². The molecule has 2 aromatic rings. The lowest BCUT2D eigenvalue weighted by atomic mass is 10.2. The number of hydrogen-bond acceptors (Lipinski definition) is 5. The standard InChI is InChI=1S/C13H15N3O3S/c17-12(18)8-20-13-15-10-6-14-4-3-11(10)16(13)7-9-2-1-5-19-9/h3-4,6,9H,1-2,5,7-8H2,(H,17,18). The first-order chi connectivity index (χ1) is 9.74. The molecular formula is C13H15N3O3S. The molecule has 1 aliphatic rings. The summed E-state index contributed by atoms with van der Waals surface area (Å²) in [5.41, 5.74) is 1.77. The number of pyridine rings is 1. The lowest BCUT2D eigenvalue weighted by Crippen LogP contribution is -2.16. The Hall–Kier alpha value is -1.60. The molecule has 3 heterocycles. The monoisotopic (exact) mass is 293 g/mol. The van der Waals surface area contributed by atoms with Gasteiger partial charge in [0.25, 0.3) is 0 Å². The zero-order valence-electron chi connectivity index (χ0n) is 10.9. The highest BCUT2D eigenvalue weighted by Gasteiger charge is 2.20. The van der Waals surface area contributed by atoms with Crippen molar-refractivity contribution < 1.29 is 14.6 Å². The van der Waals surface area contributed by atoms with Crippen LogP contribution in [0.2, 0.25) is 0 Å². The quantitative estimate of drug-likeness (QED) is 0.847. The van der Waals surface area contributed by atoms with Crippen molar-refractivity contribution in [3.05, 3.63) is 18.5 Å². The summed E-state index contributed by atoms with van der Waals surface area (Å²) in [6, 6.07) is 1.90. The van der Waals surface area contributed by atoms with Crippen LogP contribution in [0.4, 0.5) is 0 Å². The largest absolute Gasteiger partial charge is 0.481 e. The number of imidazole rings is 1. The SMILES string of the molecule is O=C(O)CSc1nc2cnccc2n1CC1CCCO1. The van der Waals surface area contributed by atoms with E-state index < -0.39 is 5.97 Å². The molecule has 0 aliphatic carbocycles. The first kappa shape index (κ1) is 13.4. The summed E-state index contributed by atoms with van der Waals surface area (Å²) in [6.45, 7) is 1.51. The summed E-state index contributed by atoms with van der Waals surface area (Å²) < 4.78 is 7.71. The van der Waals surface area contributed by atoms with Gasteiger partial charge in [0.2, 0.25) is 0 Å². The number of aromatic nitrogens is 3. The van der Waals surface area contributed by atoms with E-state index in [0.717, 1.165) is 30.5 Å². The Morgan fingerprint density at radius 1 is 1.60 bits per heavy atom. The van der Waals surface area contributed by atoms with Crippen LogP contribution in [0.25, 0.3) is 11.0 Å². The number of rotatable bonds is 5. The molecule has 2 aromatic heterocycles. The molecule has 0 radical (unpaired) electrons. The summed E-state index contributed by atoms with van der Waals surface area (Å²) in [5.74, 6) is -0.841. The third kappa shape index (κ3) is 2.78. The van der Waals surface area contributed by atoms with E-state index in [4.69, 9.17) is 9.84 Å². The van der Waals surface area contributed by atoms with Crippen molar-refractivity contribution in [1.29, 1.82) is 0 Å². The van der Waals surface area contributed by atoms with E-state index in [1.54, 1.807) is 12.4 Å². The molecular weight excluding hydrogens is 278 g/mol. The predicted molar refractivity (Wildman–Crippen MR) is 74.9 cm³/mol. The van der Waals surface area contributed by atoms with Crippen LogP contribution in [0, 0.1) is 0 Å². The number of hydrogen-bond donors (Lipinski definition) is 1. The second kappa shape index (κ2) is 5.80. The zero-order chi connectivity index (χ0) is 13.9. The second-order valence-corrected chi connectivity index (χ2v) is 5.63. The lowest BCUT2D eigenvalue weighted by molar-refractivity contribution is -0.133. The minimum Gasteiger partial charge on any atom is -0.481 e. The fourth-order valence-corrected chi connectivity index (χ4v) is 3.11. The highest BCUT2D eigenvalue weighted by molar-refractivity contribution is 7.99. The van der Waals surface area contributed by atoms with Crippen LogP contribution < -0.4 is 0 Å². The van der Waals surface area contributed by atoms with E-state index in [2.05, 4.69) is 9.97 Å². The maximum atomic E-state index is 10.7. The summed E-state index contributed by atoms with van der Waals surface area (Å²) in [7, 11) is 0. The minimum atomic E-state index is -0.844. The lowest BCUT2D eigenvalue weighted by Gasteiger charge is -2.13. The van der Waals surface area contributed by atoms with Crippen LogP contribution in [-0.2, 0) is 16.1 Å². The van der Waals surface area contributed by atoms with Crippen molar-refractivity contribution in [2.45, 2.75) is 30.6 Å². The summed E-state index contributed by atoms with van der Waals surface area (Å²) in [6.07, 6.45) is 5.72. The summed E-state index contributed by atoms with van der Waals surface area (Å²) in [4.78, 5) is 19.3. The molecule has 6 nitrogen and oxygen atoms in total. The first-order valence-electron chi connectivity index (χ1n) is 6.50. The first-order valence-corrected chi connectivity index (χ1v) is 7.49. The number of fused-ring (bicyclic) bond motifs is 1. The van der Waals surface area contributed by atoms with Gasteiger partial charge in [-0.15, -0.1) is 0 Å². The van der Waals surface area contributed by atoms with E-state index >= 15 is 0 Å². The van der Waals surface area contributed by atoms with Crippen molar-refractivity contribution in [2.75, 3.05) is 12.4 Å². The zero-order valence-corrected chi connectivity index (χ0v) is 11.7. The molecule has 20 heavy (non-hydrogen) atoms. The Kier molecular flexibility index (Phi) is 3.88. The van der Waals surface area contributed by atoms with Crippen molar-refractivity contribution in [3.8, 4) is 0 Å². The van der Waals surface area contributed by atoms with E-state index in [9.17, 15) is 4.79 Å². The second-order valence-electron chi connectivity index (χ2n) is 4.69. The molecule has 0 amide bonds. The van der Waals surface area contributed by atoms with Crippen molar-refractivity contribution in [2.24, 2.45) is 0 Å². The maximum Gasteiger partial charge on any atom is 0.313 e. The van der Waals surface area contributed by atoms with Crippen LogP contribution in [0.3, 0.4) is 0 Å². The number of carbonyl (C=O) groups is 1. The van der Waals surface area contributed by atoms with Crippen molar-refractivity contribution in [1.82, 2.24) is 14.5 Å². The number of aliphatic carboxylic acids is 1. The van der Waals surface area contributed by atoms with Gasteiger partial charge in [-0.1, -0.05) is 11.8 Å². The van der Waals surface area contributed by atoms with Crippen LogP contribution in [0.15, 0.2) is 23.6 Å². The Morgan fingerprint density at radius 3 is 3.25 bits per heavy atom. The molecule has 1 saturated heterocycles. The Morgan fingerprint density at radius 2 is 2.50 bits per heavy atom.